The normalized spacial score (nSPS) is 20.0. The molecule has 2 saturated heterocycles. The van der Waals surface area contributed by atoms with E-state index >= 15 is 0 Å². The number of likely N-dealkylation sites (tertiary alicyclic amines) is 2. The predicted molar refractivity (Wildman–Crippen MR) is 139 cm³/mol. The SMILES string of the molecule is CCCCCCCN1CCC2(CC1)CCN(C(=O)C(CCCCC)CCCCCC)CC2. The summed E-state index contributed by atoms with van der Waals surface area (Å²) in [5.41, 5.74) is 0.536. The quantitative estimate of drug-likeness (QED) is 0.225. The van der Waals surface area contributed by atoms with E-state index in [0.717, 1.165) is 25.9 Å². The first-order valence-corrected chi connectivity index (χ1v) is 14.6. The largest absolute Gasteiger partial charge is 0.342 e. The fourth-order valence-electron chi connectivity index (χ4n) is 6.00. The Balaban J connectivity index is 1.73. The molecule has 2 aliphatic rings. The third-order valence-electron chi connectivity index (χ3n) is 8.54. The van der Waals surface area contributed by atoms with Gasteiger partial charge in [-0.25, -0.2) is 0 Å². The highest BCUT2D eigenvalue weighted by Gasteiger charge is 2.39. The van der Waals surface area contributed by atoms with Gasteiger partial charge in [-0.3, -0.25) is 4.79 Å². The fourth-order valence-corrected chi connectivity index (χ4v) is 6.00. The van der Waals surface area contributed by atoms with E-state index in [1.165, 1.54) is 122 Å². The van der Waals surface area contributed by atoms with Crippen LogP contribution in [-0.2, 0) is 4.79 Å². The van der Waals surface area contributed by atoms with Crippen LogP contribution in [0.15, 0.2) is 0 Å². The standard InChI is InChI=1S/C29H56N2O/c1-4-7-10-12-15-22-30-23-18-29(19-24-30)20-25-31(26-21-29)28(32)27(16-13-9-6-3)17-14-11-8-5-2/h27H,4-26H2,1-3H3. The van der Waals surface area contributed by atoms with Crippen LogP contribution < -0.4 is 0 Å². The van der Waals surface area contributed by atoms with E-state index < -0.39 is 0 Å². The molecule has 2 rings (SSSR count). The summed E-state index contributed by atoms with van der Waals surface area (Å²) in [7, 11) is 0. The van der Waals surface area contributed by atoms with E-state index in [2.05, 4.69) is 30.6 Å². The van der Waals surface area contributed by atoms with Crippen LogP contribution >= 0.6 is 0 Å². The number of carbonyl (C=O) groups is 1. The Kier molecular flexibility index (Phi) is 13.9. The highest BCUT2D eigenvalue weighted by Crippen LogP contribution is 2.41. The Morgan fingerprint density at radius 2 is 1.12 bits per heavy atom. The Morgan fingerprint density at radius 1 is 0.656 bits per heavy atom. The summed E-state index contributed by atoms with van der Waals surface area (Å²) in [6, 6.07) is 0. The predicted octanol–water partition coefficient (Wildman–Crippen LogP) is 7.83. The molecule has 0 saturated carbocycles. The van der Waals surface area contributed by atoms with E-state index in [9.17, 15) is 4.79 Å². The van der Waals surface area contributed by atoms with Crippen LogP contribution in [0.4, 0.5) is 0 Å². The first kappa shape index (κ1) is 27.7. The molecule has 0 radical (unpaired) electrons. The van der Waals surface area contributed by atoms with Crippen LogP contribution in [0.5, 0.6) is 0 Å². The minimum Gasteiger partial charge on any atom is -0.342 e. The van der Waals surface area contributed by atoms with Crippen molar-refractivity contribution in [3.63, 3.8) is 0 Å². The van der Waals surface area contributed by atoms with Gasteiger partial charge in [0, 0.05) is 19.0 Å². The second-order valence-corrected chi connectivity index (χ2v) is 11.1. The summed E-state index contributed by atoms with van der Waals surface area (Å²) in [5, 5.41) is 0. The molecule has 0 bridgehead atoms. The maximum absolute atomic E-state index is 13.4. The number of piperidine rings is 2. The molecule has 0 N–H and O–H groups in total. The smallest absolute Gasteiger partial charge is 0.225 e. The van der Waals surface area contributed by atoms with Gasteiger partial charge < -0.3 is 9.80 Å². The summed E-state index contributed by atoms with van der Waals surface area (Å²) >= 11 is 0. The fraction of sp³-hybridized carbons (Fsp3) is 0.966. The van der Waals surface area contributed by atoms with Gasteiger partial charge in [-0.15, -0.1) is 0 Å². The lowest BCUT2D eigenvalue weighted by Crippen LogP contribution is -2.49. The zero-order valence-corrected chi connectivity index (χ0v) is 22.1. The third kappa shape index (κ3) is 9.74. The molecule has 0 aromatic heterocycles. The highest BCUT2D eigenvalue weighted by molar-refractivity contribution is 5.78. The van der Waals surface area contributed by atoms with Gasteiger partial charge in [0.05, 0.1) is 0 Å². The first-order chi connectivity index (χ1) is 15.6. The summed E-state index contributed by atoms with van der Waals surface area (Å²) in [6.45, 7) is 12.8. The summed E-state index contributed by atoms with van der Waals surface area (Å²) < 4.78 is 0. The molecule has 3 nitrogen and oxygen atoms in total. The van der Waals surface area contributed by atoms with Gasteiger partial charge in [-0.1, -0.05) is 91.4 Å². The van der Waals surface area contributed by atoms with Gasteiger partial charge >= 0.3 is 0 Å². The number of unbranched alkanes of at least 4 members (excludes halogenated alkanes) is 9. The van der Waals surface area contributed by atoms with Gasteiger partial charge in [-0.05, 0) is 70.0 Å². The number of nitrogens with zero attached hydrogens (tertiary/aromatic N) is 2. The minimum atomic E-state index is 0.294. The molecule has 32 heavy (non-hydrogen) atoms. The maximum atomic E-state index is 13.4. The summed E-state index contributed by atoms with van der Waals surface area (Å²) in [6.07, 6.45) is 23.3. The molecule has 2 aliphatic heterocycles. The molecule has 0 aromatic carbocycles. The number of amides is 1. The first-order valence-electron chi connectivity index (χ1n) is 14.6. The van der Waals surface area contributed by atoms with Crippen LogP contribution in [-0.4, -0.2) is 48.4 Å². The monoisotopic (exact) mass is 448 g/mol. The van der Waals surface area contributed by atoms with Gasteiger partial charge in [0.1, 0.15) is 0 Å². The van der Waals surface area contributed by atoms with Crippen molar-refractivity contribution in [1.82, 2.24) is 9.80 Å². The number of hydrogen-bond donors (Lipinski definition) is 0. The molecule has 0 aliphatic carbocycles. The molecule has 1 unspecified atom stereocenters. The Bertz CT molecular complexity index is 474. The number of hydrogen-bond acceptors (Lipinski definition) is 2. The van der Waals surface area contributed by atoms with Gasteiger partial charge in [0.15, 0.2) is 0 Å². The molecule has 3 heteroatoms. The molecule has 188 valence electrons. The van der Waals surface area contributed by atoms with Gasteiger partial charge in [-0.2, -0.15) is 0 Å². The highest BCUT2D eigenvalue weighted by atomic mass is 16.2. The Hall–Kier alpha value is -0.570. The molecular formula is C29H56N2O. The Labute approximate surface area is 201 Å². The second kappa shape index (κ2) is 16.1. The molecule has 2 heterocycles. The summed E-state index contributed by atoms with van der Waals surface area (Å²) in [4.78, 5) is 18.4. The average molecular weight is 449 g/mol. The van der Waals surface area contributed by atoms with Crippen molar-refractivity contribution in [2.24, 2.45) is 11.3 Å². The lowest BCUT2D eigenvalue weighted by molar-refractivity contribution is -0.139. The van der Waals surface area contributed by atoms with Gasteiger partial charge in [0.25, 0.3) is 0 Å². The number of carbonyl (C=O) groups excluding carboxylic acids is 1. The topological polar surface area (TPSA) is 23.6 Å². The van der Waals surface area contributed by atoms with Crippen molar-refractivity contribution in [2.75, 3.05) is 32.7 Å². The van der Waals surface area contributed by atoms with Crippen molar-refractivity contribution >= 4 is 5.91 Å². The molecule has 1 amide bonds. The van der Waals surface area contributed by atoms with Gasteiger partial charge in [0.2, 0.25) is 5.91 Å². The van der Waals surface area contributed by atoms with Crippen molar-refractivity contribution in [3.8, 4) is 0 Å². The van der Waals surface area contributed by atoms with E-state index in [1.807, 2.05) is 0 Å². The second-order valence-electron chi connectivity index (χ2n) is 11.1. The van der Waals surface area contributed by atoms with Crippen LogP contribution in [0.2, 0.25) is 0 Å². The zero-order valence-electron chi connectivity index (χ0n) is 22.1. The maximum Gasteiger partial charge on any atom is 0.225 e. The molecular weight excluding hydrogens is 392 g/mol. The van der Waals surface area contributed by atoms with E-state index in [-0.39, 0.29) is 0 Å². The molecule has 2 fully saturated rings. The van der Waals surface area contributed by atoms with Crippen LogP contribution in [0, 0.1) is 11.3 Å². The average Bonchev–Trinajstić information content (AvgIpc) is 2.82. The van der Waals surface area contributed by atoms with E-state index in [4.69, 9.17) is 0 Å². The lowest BCUT2D eigenvalue weighted by Gasteiger charge is -2.47. The van der Waals surface area contributed by atoms with Crippen LogP contribution in [0.25, 0.3) is 0 Å². The van der Waals surface area contributed by atoms with Crippen molar-refractivity contribution < 1.29 is 4.79 Å². The summed E-state index contributed by atoms with van der Waals surface area (Å²) in [5.74, 6) is 0.791. The molecule has 1 atom stereocenters. The minimum absolute atomic E-state index is 0.294. The molecule has 0 aromatic rings. The van der Waals surface area contributed by atoms with Crippen LogP contribution in [0.1, 0.15) is 136 Å². The van der Waals surface area contributed by atoms with Crippen molar-refractivity contribution in [3.05, 3.63) is 0 Å². The van der Waals surface area contributed by atoms with E-state index in [1.54, 1.807) is 0 Å². The molecule has 1 spiro atoms. The van der Waals surface area contributed by atoms with Crippen LogP contribution in [0.3, 0.4) is 0 Å². The zero-order chi connectivity index (χ0) is 23.1. The van der Waals surface area contributed by atoms with E-state index in [0.29, 0.717) is 17.2 Å². The number of rotatable bonds is 16. The lowest BCUT2D eigenvalue weighted by atomic mass is 9.71. The van der Waals surface area contributed by atoms with Crippen molar-refractivity contribution in [1.29, 1.82) is 0 Å². The van der Waals surface area contributed by atoms with Crippen molar-refractivity contribution in [2.45, 2.75) is 136 Å². The third-order valence-corrected chi connectivity index (χ3v) is 8.54. The Morgan fingerprint density at radius 3 is 1.72 bits per heavy atom.